The zero-order valence-corrected chi connectivity index (χ0v) is 17.0. The first kappa shape index (κ1) is 20.6. The van der Waals surface area contributed by atoms with E-state index in [1.54, 1.807) is 43.5 Å². The number of aromatic nitrogens is 2. The van der Waals surface area contributed by atoms with Crippen LogP contribution in [0.2, 0.25) is 0 Å². The Kier molecular flexibility index (Phi) is 6.66. The van der Waals surface area contributed by atoms with Crippen molar-refractivity contribution < 1.29 is 18.7 Å². The van der Waals surface area contributed by atoms with Gasteiger partial charge in [-0.25, -0.2) is 14.4 Å². The minimum atomic E-state index is -0.318. The summed E-state index contributed by atoms with van der Waals surface area (Å²) >= 11 is 1.29. The highest BCUT2D eigenvalue weighted by Gasteiger charge is 2.11. The molecule has 1 amide bonds. The van der Waals surface area contributed by atoms with Crippen molar-refractivity contribution in [3.05, 3.63) is 60.0 Å². The van der Waals surface area contributed by atoms with Crippen LogP contribution < -0.4 is 14.8 Å². The molecule has 0 saturated heterocycles. The lowest BCUT2D eigenvalue weighted by atomic mass is 10.2. The van der Waals surface area contributed by atoms with Gasteiger partial charge in [0, 0.05) is 17.3 Å². The van der Waals surface area contributed by atoms with Crippen LogP contribution >= 0.6 is 11.8 Å². The number of carbonyl (C=O) groups is 1. The van der Waals surface area contributed by atoms with Crippen LogP contribution in [0.4, 0.5) is 10.1 Å². The van der Waals surface area contributed by atoms with E-state index in [-0.39, 0.29) is 17.5 Å². The largest absolute Gasteiger partial charge is 0.497 e. The van der Waals surface area contributed by atoms with Gasteiger partial charge in [0.15, 0.2) is 5.82 Å². The quantitative estimate of drug-likeness (QED) is 0.459. The number of rotatable bonds is 7. The topological polar surface area (TPSA) is 73.3 Å². The molecule has 0 bridgehead atoms. The third-order valence-corrected chi connectivity index (χ3v) is 4.88. The molecule has 3 rings (SSSR count). The van der Waals surface area contributed by atoms with Crippen LogP contribution in [0.5, 0.6) is 11.5 Å². The fraction of sp³-hybridized carbons (Fsp3) is 0.190. The number of methoxy groups -OCH3 is 2. The van der Waals surface area contributed by atoms with Crippen molar-refractivity contribution in [3.8, 4) is 22.9 Å². The van der Waals surface area contributed by atoms with Crippen molar-refractivity contribution in [1.82, 2.24) is 9.97 Å². The SMILES string of the molecule is COc1ccc(NC(=O)CSc2cc(C)nc(-c3ccc(F)cc3)n2)c(OC)c1. The number of benzene rings is 2. The number of aryl methyl sites for hydroxylation is 1. The predicted octanol–water partition coefficient (Wildman–Crippen LogP) is 4.34. The van der Waals surface area contributed by atoms with Crippen molar-refractivity contribution in [1.29, 1.82) is 0 Å². The molecular formula is C21H20FN3O3S. The summed E-state index contributed by atoms with van der Waals surface area (Å²) in [5, 5.41) is 3.49. The first-order chi connectivity index (χ1) is 14.0. The number of ether oxygens (including phenoxy) is 2. The lowest BCUT2D eigenvalue weighted by Crippen LogP contribution is -2.15. The van der Waals surface area contributed by atoms with Crippen LogP contribution in [0.3, 0.4) is 0 Å². The second-order valence-corrected chi connectivity index (χ2v) is 7.08. The summed E-state index contributed by atoms with van der Waals surface area (Å²) in [5.41, 5.74) is 2.04. The lowest BCUT2D eigenvalue weighted by molar-refractivity contribution is -0.113. The minimum Gasteiger partial charge on any atom is -0.497 e. The molecule has 1 aromatic heterocycles. The van der Waals surface area contributed by atoms with Gasteiger partial charge in [-0.2, -0.15) is 0 Å². The zero-order chi connectivity index (χ0) is 20.8. The molecule has 0 unspecified atom stereocenters. The lowest BCUT2D eigenvalue weighted by Gasteiger charge is -2.11. The van der Waals surface area contributed by atoms with E-state index in [9.17, 15) is 9.18 Å². The maximum Gasteiger partial charge on any atom is 0.234 e. The first-order valence-electron chi connectivity index (χ1n) is 8.75. The van der Waals surface area contributed by atoms with Crippen LogP contribution in [0.15, 0.2) is 53.6 Å². The van der Waals surface area contributed by atoms with E-state index in [0.717, 1.165) is 5.69 Å². The molecule has 0 radical (unpaired) electrons. The third-order valence-electron chi connectivity index (χ3n) is 3.97. The van der Waals surface area contributed by atoms with Gasteiger partial charge in [-0.15, -0.1) is 0 Å². The molecule has 6 nitrogen and oxygen atoms in total. The molecule has 0 aliphatic rings. The van der Waals surface area contributed by atoms with Crippen molar-refractivity contribution in [2.24, 2.45) is 0 Å². The molecule has 1 N–H and O–H groups in total. The maximum atomic E-state index is 13.1. The number of anilines is 1. The number of carbonyl (C=O) groups excluding carboxylic acids is 1. The standard InChI is InChI=1S/C21H20FN3O3S/c1-13-10-20(25-21(23-13)14-4-6-15(22)7-5-14)29-12-19(26)24-17-9-8-16(27-2)11-18(17)28-3/h4-11H,12H2,1-3H3,(H,24,26). The highest BCUT2D eigenvalue weighted by atomic mass is 32.2. The Labute approximate surface area is 172 Å². The monoisotopic (exact) mass is 413 g/mol. The van der Waals surface area contributed by atoms with Crippen molar-refractivity contribution in [3.63, 3.8) is 0 Å². The van der Waals surface area contributed by atoms with Crippen molar-refractivity contribution in [2.75, 3.05) is 25.3 Å². The van der Waals surface area contributed by atoms with Gasteiger partial charge in [0.25, 0.3) is 0 Å². The molecule has 2 aromatic carbocycles. The van der Waals surface area contributed by atoms with E-state index in [4.69, 9.17) is 9.47 Å². The second-order valence-electron chi connectivity index (χ2n) is 6.08. The van der Waals surface area contributed by atoms with Crippen molar-refractivity contribution in [2.45, 2.75) is 11.9 Å². The first-order valence-corrected chi connectivity index (χ1v) is 9.73. The molecular weight excluding hydrogens is 393 g/mol. The summed E-state index contributed by atoms with van der Waals surface area (Å²) in [7, 11) is 3.09. The maximum absolute atomic E-state index is 13.1. The number of nitrogens with one attached hydrogen (secondary N) is 1. The van der Waals surface area contributed by atoms with Gasteiger partial charge in [0.2, 0.25) is 5.91 Å². The molecule has 0 spiro atoms. The molecule has 29 heavy (non-hydrogen) atoms. The molecule has 0 aliphatic carbocycles. The highest BCUT2D eigenvalue weighted by Crippen LogP contribution is 2.29. The molecule has 0 fully saturated rings. The fourth-order valence-electron chi connectivity index (χ4n) is 2.57. The second kappa shape index (κ2) is 9.38. The molecule has 3 aromatic rings. The minimum absolute atomic E-state index is 0.161. The number of amides is 1. The summed E-state index contributed by atoms with van der Waals surface area (Å²) in [5.74, 6) is 1.29. The molecule has 0 aliphatic heterocycles. The van der Waals surface area contributed by atoms with Gasteiger partial charge in [0.1, 0.15) is 22.3 Å². The summed E-state index contributed by atoms with van der Waals surface area (Å²) < 4.78 is 23.6. The Morgan fingerprint density at radius 1 is 1.07 bits per heavy atom. The van der Waals surface area contributed by atoms with E-state index < -0.39 is 0 Å². The number of thioether (sulfide) groups is 1. The zero-order valence-electron chi connectivity index (χ0n) is 16.2. The Hall–Kier alpha value is -3.13. The van der Waals surface area contributed by atoms with Crippen LogP contribution in [-0.2, 0) is 4.79 Å². The summed E-state index contributed by atoms with van der Waals surface area (Å²) in [6.45, 7) is 1.85. The van der Waals surface area contributed by atoms with Gasteiger partial charge in [0.05, 0.1) is 25.7 Å². The molecule has 0 saturated carbocycles. The van der Waals surface area contributed by atoms with Gasteiger partial charge in [-0.1, -0.05) is 11.8 Å². The van der Waals surface area contributed by atoms with Crippen molar-refractivity contribution >= 4 is 23.4 Å². The van der Waals surface area contributed by atoms with E-state index in [1.807, 2.05) is 6.92 Å². The van der Waals surface area contributed by atoms with Gasteiger partial charge < -0.3 is 14.8 Å². The number of halogens is 1. The molecule has 0 atom stereocenters. The van der Waals surface area contributed by atoms with E-state index >= 15 is 0 Å². The number of hydrogen-bond donors (Lipinski definition) is 1. The van der Waals surface area contributed by atoms with E-state index in [2.05, 4.69) is 15.3 Å². The molecule has 150 valence electrons. The number of nitrogens with zero attached hydrogens (tertiary/aromatic N) is 2. The number of hydrogen-bond acceptors (Lipinski definition) is 6. The van der Waals surface area contributed by atoms with Gasteiger partial charge >= 0.3 is 0 Å². The van der Waals surface area contributed by atoms with Crippen LogP contribution in [0.25, 0.3) is 11.4 Å². The average Bonchev–Trinajstić information content (AvgIpc) is 2.72. The smallest absolute Gasteiger partial charge is 0.234 e. The Balaban J connectivity index is 1.68. The molecule has 1 heterocycles. The van der Waals surface area contributed by atoms with Gasteiger partial charge in [-0.05, 0) is 49.4 Å². The Morgan fingerprint density at radius 3 is 2.52 bits per heavy atom. The van der Waals surface area contributed by atoms with Crippen LogP contribution in [0, 0.1) is 12.7 Å². The average molecular weight is 413 g/mol. The van der Waals surface area contributed by atoms with Gasteiger partial charge in [-0.3, -0.25) is 4.79 Å². The summed E-state index contributed by atoms with van der Waals surface area (Å²) in [6.07, 6.45) is 0. The Morgan fingerprint density at radius 2 is 1.83 bits per heavy atom. The summed E-state index contributed by atoms with van der Waals surface area (Å²) in [4.78, 5) is 21.3. The summed E-state index contributed by atoms with van der Waals surface area (Å²) in [6, 6.07) is 13.0. The third kappa shape index (κ3) is 5.45. The van der Waals surface area contributed by atoms with E-state index in [0.29, 0.717) is 33.6 Å². The normalized spacial score (nSPS) is 10.5. The van der Waals surface area contributed by atoms with E-state index in [1.165, 1.54) is 31.0 Å². The van der Waals surface area contributed by atoms with Crippen LogP contribution in [-0.4, -0.2) is 35.8 Å². The van der Waals surface area contributed by atoms with Crippen LogP contribution in [0.1, 0.15) is 5.69 Å². The Bertz CT molecular complexity index is 1010. The fourth-order valence-corrected chi connectivity index (χ4v) is 3.33. The molecule has 8 heteroatoms. The highest BCUT2D eigenvalue weighted by molar-refractivity contribution is 7.99. The predicted molar refractivity (Wildman–Crippen MR) is 111 cm³/mol.